The third-order valence-electron chi connectivity index (χ3n) is 4.31. The minimum atomic E-state index is -0.517. The average molecular weight is 330 g/mol. The summed E-state index contributed by atoms with van der Waals surface area (Å²) in [4.78, 5) is 14.0. The average Bonchev–Trinajstić information content (AvgIpc) is 3.10. The highest BCUT2D eigenvalue weighted by atomic mass is 16.4. The number of primary amides is 1. The van der Waals surface area contributed by atoms with Gasteiger partial charge in [-0.3, -0.25) is 14.4 Å². The number of hydrogen-bond donors (Lipinski definition) is 1. The summed E-state index contributed by atoms with van der Waals surface area (Å²) >= 11 is 0. The van der Waals surface area contributed by atoms with E-state index in [-0.39, 0.29) is 11.2 Å². The van der Waals surface area contributed by atoms with Crippen LogP contribution in [-0.4, -0.2) is 26.6 Å². The molecule has 0 bridgehead atoms. The third kappa shape index (κ3) is 3.70. The van der Waals surface area contributed by atoms with E-state index in [2.05, 4.69) is 30.8 Å². The zero-order valence-electron chi connectivity index (χ0n) is 14.9. The molecule has 0 spiro atoms. The van der Waals surface area contributed by atoms with Gasteiger partial charge in [-0.15, -0.1) is 0 Å². The Bertz CT molecular complexity index is 735. The van der Waals surface area contributed by atoms with Gasteiger partial charge in [0, 0.05) is 48.9 Å². The van der Waals surface area contributed by atoms with Gasteiger partial charge >= 0.3 is 0 Å². The number of amides is 1. The molecule has 1 fully saturated rings. The molecule has 1 aliphatic carbocycles. The first-order valence-corrected chi connectivity index (χ1v) is 8.38. The van der Waals surface area contributed by atoms with Gasteiger partial charge in [0.2, 0.25) is 0 Å². The van der Waals surface area contributed by atoms with E-state index in [0.29, 0.717) is 6.04 Å². The van der Waals surface area contributed by atoms with E-state index in [9.17, 15) is 4.79 Å². The number of nitrogens with zero attached hydrogens (tertiary/aromatic N) is 3. The van der Waals surface area contributed by atoms with Gasteiger partial charge < -0.3 is 10.2 Å². The molecule has 2 heterocycles. The van der Waals surface area contributed by atoms with E-state index in [1.807, 2.05) is 30.2 Å². The van der Waals surface area contributed by atoms with E-state index >= 15 is 0 Å². The molecule has 0 saturated heterocycles. The second-order valence-electron chi connectivity index (χ2n) is 7.74. The minimum Gasteiger partial charge on any atom is -0.455 e. The molecule has 1 aliphatic rings. The lowest BCUT2D eigenvalue weighted by Crippen LogP contribution is -2.26. The molecule has 0 radical (unpaired) electrons. The van der Waals surface area contributed by atoms with Crippen molar-refractivity contribution in [2.24, 2.45) is 12.8 Å². The van der Waals surface area contributed by atoms with E-state index in [1.165, 1.54) is 18.4 Å². The molecule has 2 N–H and O–H groups in total. The predicted octanol–water partition coefficient (Wildman–Crippen LogP) is 2.57. The second kappa shape index (κ2) is 6.09. The van der Waals surface area contributed by atoms with Crippen LogP contribution in [0.5, 0.6) is 0 Å². The molecule has 0 unspecified atom stereocenters. The summed E-state index contributed by atoms with van der Waals surface area (Å²) in [6.45, 7) is 7.86. The van der Waals surface area contributed by atoms with Crippen LogP contribution in [0.2, 0.25) is 0 Å². The van der Waals surface area contributed by atoms with Crippen molar-refractivity contribution in [2.75, 3.05) is 0 Å². The first-order chi connectivity index (χ1) is 11.2. The standard InChI is InChI=1S/C18H26N4O2/c1-18(2,3)16-13(7-15(24-16)17(19)23)11-22(14-5-6-14)10-12-8-20-21(4)9-12/h7-9,14H,5-6,10-11H2,1-4H3,(H2,19,23). The van der Waals surface area contributed by atoms with Crippen LogP contribution in [0, 0.1) is 0 Å². The van der Waals surface area contributed by atoms with Crippen LogP contribution in [-0.2, 0) is 25.6 Å². The Morgan fingerprint density at radius 3 is 2.62 bits per heavy atom. The molecule has 24 heavy (non-hydrogen) atoms. The molecule has 1 amide bonds. The van der Waals surface area contributed by atoms with E-state index in [1.54, 1.807) is 0 Å². The normalized spacial score (nSPS) is 15.2. The Morgan fingerprint density at radius 1 is 1.42 bits per heavy atom. The van der Waals surface area contributed by atoms with Crippen LogP contribution in [0.4, 0.5) is 0 Å². The first kappa shape index (κ1) is 16.8. The quantitative estimate of drug-likeness (QED) is 0.883. The Kier molecular flexibility index (Phi) is 4.25. The molecular formula is C18H26N4O2. The summed E-state index contributed by atoms with van der Waals surface area (Å²) in [6.07, 6.45) is 6.38. The fourth-order valence-corrected chi connectivity index (χ4v) is 3.06. The summed E-state index contributed by atoms with van der Waals surface area (Å²) in [5, 5.41) is 4.25. The summed E-state index contributed by atoms with van der Waals surface area (Å²) < 4.78 is 7.60. The molecule has 0 atom stereocenters. The summed E-state index contributed by atoms with van der Waals surface area (Å²) in [5.41, 5.74) is 7.48. The number of hydrogen-bond acceptors (Lipinski definition) is 4. The Morgan fingerprint density at radius 2 is 2.12 bits per heavy atom. The van der Waals surface area contributed by atoms with E-state index in [0.717, 1.165) is 24.4 Å². The Hall–Kier alpha value is -2.08. The lowest BCUT2D eigenvalue weighted by atomic mass is 9.90. The maximum atomic E-state index is 11.5. The molecule has 0 aromatic carbocycles. The van der Waals surface area contributed by atoms with Gasteiger partial charge in [-0.25, -0.2) is 0 Å². The van der Waals surface area contributed by atoms with Crippen LogP contribution in [0.3, 0.4) is 0 Å². The number of rotatable bonds is 6. The minimum absolute atomic E-state index is 0.174. The zero-order chi connectivity index (χ0) is 17.5. The van der Waals surface area contributed by atoms with E-state index < -0.39 is 5.91 Å². The third-order valence-corrected chi connectivity index (χ3v) is 4.31. The molecule has 6 heteroatoms. The van der Waals surface area contributed by atoms with Crippen LogP contribution >= 0.6 is 0 Å². The van der Waals surface area contributed by atoms with Crippen LogP contribution in [0.1, 0.15) is 61.1 Å². The first-order valence-electron chi connectivity index (χ1n) is 8.38. The number of furan rings is 1. The second-order valence-corrected chi connectivity index (χ2v) is 7.74. The van der Waals surface area contributed by atoms with Crippen molar-refractivity contribution in [3.05, 3.63) is 41.1 Å². The number of nitrogens with two attached hydrogens (primary N) is 1. The number of carbonyl (C=O) groups excluding carboxylic acids is 1. The molecule has 1 saturated carbocycles. The van der Waals surface area contributed by atoms with Gasteiger partial charge in [0.25, 0.3) is 5.91 Å². The molecule has 2 aromatic rings. The summed E-state index contributed by atoms with van der Waals surface area (Å²) in [7, 11) is 1.93. The van der Waals surface area contributed by atoms with Crippen molar-refractivity contribution < 1.29 is 9.21 Å². The highest BCUT2D eigenvalue weighted by Crippen LogP contribution is 2.34. The summed E-state index contributed by atoms with van der Waals surface area (Å²) in [5.74, 6) is 0.567. The van der Waals surface area contributed by atoms with Crippen molar-refractivity contribution in [2.45, 2.75) is 58.2 Å². The largest absolute Gasteiger partial charge is 0.455 e. The summed E-state index contributed by atoms with van der Waals surface area (Å²) in [6, 6.07) is 2.40. The SMILES string of the molecule is Cn1cc(CN(Cc2cc(C(N)=O)oc2C(C)(C)C)C2CC2)cn1. The molecule has 0 aliphatic heterocycles. The van der Waals surface area contributed by atoms with Gasteiger partial charge in [0.1, 0.15) is 5.76 Å². The van der Waals surface area contributed by atoms with Crippen LogP contribution in [0.25, 0.3) is 0 Å². The smallest absolute Gasteiger partial charge is 0.284 e. The van der Waals surface area contributed by atoms with Gasteiger partial charge in [-0.05, 0) is 18.9 Å². The fourth-order valence-electron chi connectivity index (χ4n) is 3.06. The lowest BCUT2D eigenvalue weighted by molar-refractivity contribution is 0.0970. The predicted molar refractivity (Wildman–Crippen MR) is 91.4 cm³/mol. The molecule has 3 rings (SSSR count). The monoisotopic (exact) mass is 330 g/mol. The Balaban J connectivity index is 1.85. The topological polar surface area (TPSA) is 77.3 Å². The maximum absolute atomic E-state index is 11.5. The highest BCUT2D eigenvalue weighted by Gasteiger charge is 2.32. The maximum Gasteiger partial charge on any atom is 0.284 e. The van der Waals surface area contributed by atoms with Crippen molar-refractivity contribution >= 4 is 5.91 Å². The highest BCUT2D eigenvalue weighted by molar-refractivity contribution is 5.90. The van der Waals surface area contributed by atoms with Gasteiger partial charge in [-0.1, -0.05) is 20.8 Å². The van der Waals surface area contributed by atoms with Crippen LogP contribution < -0.4 is 5.73 Å². The Labute approximate surface area is 142 Å². The van der Waals surface area contributed by atoms with Crippen molar-refractivity contribution in [1.29, 1.82) is 0 Å². The lowest BCUT2D eigenvalue weighted by Gasteiger charge is -2.24. The van der Waals surface area contributed by atoms with Crippen molar-refractivity contribution in [3.8, 4) is 0 Å². The van der Waals surface area contributed by atoms with Gasteiger partial charge in [-0.2, -0.15) is 5.10 Å². The number of carbonyl (C=O) groups is 1. The molecular weight excluding hydrogens is 304 g/mol. The molecule has 130 valence electrons. The number of aromatic nitrogens is 2. The van der Waals surface area contributed by atoms with Crippen molar-refractivity contribution in [3.63, 3.8) is 0 Å². The molecule has 2 aromatic heterocycles. The number of aryl methyl sites for hydroxylation is 1. The fraction of sp³-hybridized carbons (Fsp3) is 0.556. The van der Waals surface area contributed by atoms with Gasteiger partial charge in [0.15, 0.2) is 5.76 Å². The molecule has 6 nitrogen and oxygen atoms in total. The zero-order valence-corrected chi connectivity index (χ0v) is 14.9. The van der Waals surface area contributed by atoms with E-state index in [4.69, 9.17) is 10.2 Å². The van der Waals surface area contributed by atoms with Gasteiger partial charge in [0.05, 0.1) is 6.20 Å². The van der Waals surface area contributed by atoms with Crippen molar-refractivity contribution in [1.82, 2.24) is 14.7 Å². The van der Waals surface area contributed by atoms with Crippen LogP contribution in [0.15, 0.2) is 22.9 Å².